The molecule has 1 aromatic carbocycles. The number of hydrogen-bond donors (Lipinski definition) is 0. The van der Waals surface area contributed by atoms with Crippen molar-refractivity contribution in [3.8, 4) is 0 Å². The molecule has 0 amide bonds. The molecule has 0 unspecified atom stereocenters. The molecule has 1 fully saturated rings. The molecule has 0 radical (unpaired) electrons. The lowest BCUT2D eigenvalue weighted by Gasteiger charge is -2.33. The molecule has 1 aliphatic heterocycles. The zero-order chi connectivity index (χ0) is 13.2. The molecule has 0 saturated carbocycles. The molecule has 0 bridgehead atoms. The van der Waals surface area contributed by atoms with Crippen molar-refractivity contribution >= 4 is 39.7 Å². The normalized spacial score (nSPS) is 19.7. The van der Waals surface area contributed by atoms with Crippen molar-refractivity contribution < 1.29 is 4.74 Å². The summed E-state index contributed by atoms with van der Waals surface area (Å²) >= 11 is 13.6. The van der Waals surface area contributed by atoms with Crippen LogP contribution in [0.1, 0.15) is 11.7 Å². The summed E-state index contributed by atoms with van der Waals surface area (Å²) in [4.78, 5) is 6.58. The van der Waals surface area contributed by atoms with Crippen molar-refractivity contribution in [1.82, 2.24) is 4.98 Å². The van der Waals surface area contributed by atoms with E-state index in [1.807, 2.05) is 29.8 Å². The van der Waals surface area contributed by atoms with Crippen molar-refractivity contribution in [2.24, 2.45) is 0 Å². The number of thiazole rings is 1. The minimum Gasteiger partial charge on any atom is -0.370 e. The summed E-state index contributed by atoms with van der Waals surface area (Å²) in [6.07, 6.45) is 1.83. The van der Waals surface area contributed by atoms with E-state index in [0.717, 1.165) is 23.8 Å². The fourth-order valence-corrected chi connectivity index (χ4v) is 3.10. The third-order valence-electron chi connectivity index (χ3n) is 3.07. The Morgan fingerprint density at radius 1 is 1.32 bits per heavy atom. The molecule has 6 heteroatoms. The number of rotatable bonds is 2. The van der Waals surface area contributed by atoms with Crippen molar-refractivity contribution in [2.75, 3.05) is 24.6 Å². The van der Waals surface area contributed by atoms with Crippen molar-refractivity contribution in [2.45, 2.75) is 6.10 Å². The van der Waals surface area contributed by atoms with E-state index in [1.165, 1.54) is 0 Å². The van der Waals surface area contributed by atoms with Gasteiger partial charge in [0.15, 0.2) is 5.13 Å². The van der Waals surface area contributed by atoms with E-state index in [1.54, 1.807) is 11.3 Å². The van der Waals surface area contributed by atoms with Gasteiger partial charge in [-0.05, 0) is 17.7 Å². The highest BCUT2D eigenvalue weighted by Gasteiger charge is 2.23. The predicted molar refractivity (Wildman–Crippen MR) is 79.5 cm³/mol. The maximum atomic E-state index is 6.06. The van der Waals surface area contributed by atoms with E-state index >= 15 is 0 Å². The predicted octanol–water partition coefficient (Wildman–Crippen LogP) is 4.03. The summed E-state index contributed by atoms with van der Waals surface area (Å²) < 4.78 is 5.82. The SMILES string of the molecule is Clc1ccc([C@@H]2CN(c3nccs3)CCO2)cc1Cl. The second-order valence-electron chi connectivity index (χ2n) is 4.29. The summed E-state index contributed by atoms with van der Waals surface area (Å²) in [7, 11) is 0. The highest BCUT2D eigenvalue weighted by atomic mass is 35.5. The third kappa shape index (κ3) is 2.87. The summed E-state index contributed by atoms with van der Waals surface area (Å²) in [5.74, 6) is 0. The molecular weight excluding hydrogens is 303 g/mol. The van der Waals surface area contributed by atoms with Crippen LogP contribution in [0.3, 0.4) is 0 Å². The molecule has 1 atom stereocenters. The van der Waals surface area contributed by atoms with Gasteiger partial charge in [0.25, 0.3) is 0 Å². The Balaban J connectivity index is 1.79. The molecule has 0 N–H and O–H groups in total. The van der Waals surface area contributed by atoms with Crippen LogP contribution < -0.4 is 4.90 Å². The minimum absolute atomic E-state index is 0.00687. The van der Waals surface area contributed by atoms with Crippen LogP contribution in [-0.2, 0) is 4.74 Å². The van der Waals surface area contributed by atoms with E-state index < -0.39 is 0 Å². The topological polar surface area (TPSA) is 25.4 Å². The molecule has 0 aliphatic carbocycles. The van der Waals surface area contributed by atoms with Gasteiger partial charge in [0.05, 0.1) is 23.2 Å². The highest BCUT2D eigenvalue weighted by Crippen LogP contribution is 2.30. The molecule has 19 heavy (non-hydrogen) atoms. The average Bonchev–Trinajstić information content (AvgIpc) is 2.96. The highest BCUT2D eigenvalue weighted by molar-refractivity contribution is 7.13. The summed E-state index contributed by atoms with van der Waals surface area (Å²) in [6.45, 7) is 2.33. The minimum atomic E-state index is 0.00687. The monoisotopic (exact) mass is 314 g/mol. The first-order valence-electron chi connectivity index (χ1n) is 5.95. The van der Waals surface area contributed by atoms with Gasteiger partial charge in [-0.15, -0.1) is 11.3 Å². The number of hydrogen-bond acceptors (Lipinski definition) is 4. The lowest BCUT2D eigenvalue weighted by molar-refractivity contribution is 0.0398. The van der Waals surface area contributed by atoms with Gasteiger partial charge in [0.2, 0.25) is 0 Å². The number of ether oxygens (including phenoxy) is 1. The van der Waals surface area contributed by atoms with E-state index in [4.69, 9.17) is 27.9 Å². The van der Waals surface area contributed by atoms with Gasteiger partial charge in [0, 0.05) is 18.1 Å². The molecule has 3 rings (SSSR count). The Morgan fingerprint density at radius 3 is 2.95 bits per heavy atom. The quantitative estimate of drug-likeness (QED) is 0.837. The molecular formula is C13H12Cl2N2OS. The van der Waals surface area contributed by atoms with Gasteiger partial charge < -0.3 is 9.64 Å². The molecule has 0 spiro atoms. The lowest BCUT2D eigenvalue weighted by atomic mass is 10.1. The van der Waals surface area contributed by atoms with Gasteiger partial charge in [-0.25, -0.2) is 4.98 Å². The number of morpholine rings is 1. The number of aromatic nitrogens is 1. The standard InChI is InChI=1S/C13H12Cl2N2OS/c14-10-2-1-9(7-11(10)15)12-8-17(4-5-18-12)13-16-3-6-19-13/h1-3,6-7,12H,4-5,8H2/t12-/m0/s1. The first-order chi connectivity index (χ1) is 9.24. The number of halogens is 2. The van der Waals surface area contributed by atoms with Gasteiger partial charge in [-0.3, -0.25) is 0 Å². The zero-order valence-electron chi connectivity index (χ0n) is 10.1. The number of nitrogens with zero attached hydrogens (tertiary/aromatic N) is 2. The Bertz CT molecular complexity index is 562. The second kappa shape index (κ2) is 5.67. The molecule has 2 heterocycles. The van der Waals surface area contributed by atoms with Crippen LogP contribution in [0, 0.1) is 0 Å². The molecule has 100 valence electrons. The second-order valence-corrected chi connectivity index (χ2v) is 5.98. The Labute approximate surface area is 125 Å². The number of anilines is 1. The first-order valence-corrected chi connectivity index (χ1v) is 7.58. The van der Waals surface area contributed by atoms with E-state index in [0.29, 0.717) is 16.7 Å². The lowest BCUT2D eigenvalue weighted by Crippen LogP contribution is -2.38. The van der Waals surface area contributed by atoms with Crippen molar-refractivity contribution in [1.29, 1.82) is 0 Å². The average molecular weight is 315 g/mol. The Kier molecular flexibility index (Phi) is 3.93. The van der Waals surface area contributed by atoms with E-state index in [-0.39, 0.29) is 6.10 Å². The molecule has 2 aromatic rings. The van der Waals surface area contributed by atoms with Crippen LogP contribution in [0.4, 0.5) is 5.13 Å². The van der Waals surface area contributed by atoms with Crippen molar-refractivity contribution in [3.05, 3.63) is 45.4 Å². The van der Waals surface area contributed by atoms with Gasteiger partial charge in [-0.1, -0.05) is 29.3 Å². The van der Waals surface area contributed by atoms with Gasteiger partial charge in [-0.2, -0.15) is 0 Å². The Morgan fingerprint density at radius 2 is 2.21 bits per heavy atom. The molecule has 1 aromatic heterocycles. The summed E-state index contributed by atoms with van der Waals surface area (Å²) in [6, 6.07) is 5.65. The largest absolute Gasteiger partial charge is 0.370 e. The van der Waals surface area contributed by atoms with E-state index in [9.17, 15) is 0 Å². The molecule has 1 aliphatic rings. The van der Waals surface area contributed by atoms with Crippen molar-refractivity contribution in [3.63, 3.8) is 0 Å². The zero-order valence-corrected chi connectivity index (χ0v) is 12.4. The summed E-state index contributed by atoms with van der Waals surface area (Å²) in [5.41, 5.74) is 1.05. The van der Waals surface area contributed by atoms with Crippen LogP contribution in [0.5, 0.6) is 0 Å². The fourth-order valence-electron chi connectivity index (χ4n) is 2.11. The van der Waals surface area contributed by atoms with Crippen LogP contribution in [0.2, 0.25) is 10.0 Å². The Hall–Kier alpha value is -0.810. The smallest absolute Gasteiger partial charge is 0.185 e. The maximum Gasteiger partial charge on any atom is 0.185 e. The summed E-state index contributed by atoms with van der Waals surface area (Å²) in [5, 5.41) is 4.15. The van der Waals surface area contributed by atoms with Gasteiger partial charge in [0.1, 0.15) is 6.10 Å². The fraction of sp³-hybridized carbons (Fsp3) is 0.308. The van der Waals surface area contributed by atoms with Gasteiger partial charge >= 0.3 is 0 Å². The first kappa shape index (κ1) is 13.2. The van der Waals surface area contributed by atoms with Crippen LogP contribution in [0.25, 0.3) is 0 Å². The van der Waals surface area contributed by atoms with E-state index in [2.05, 4.69) is 9.88 Å². The van der Waals surface area contributed by atoms with Crippen LogP contribution in [-0.4, -0.2) is 24.7 Å². The maximum absolute atomic E-state index is 6.06. The van der Waals surface area contributed by atoms with Crippen LogP contribution >= 0.6 is 34.5 Å². The molecule has 1 saturated heterocycles. The van der Waals surface area contributed by atoms with Crippen LogP contribution in [0.15, 0.2) is 29.8 Å². The number of benzene rings is 1. The molecule has 3 nitrogen and oxygen atoms in total. The third-order valence-corrected chi connectivity index (χ3v) is 4.64.